The zero-order valence-electron chi connectivity index (χ0n) is 8.00. The molecule has 0 aliphatic heterocycles. The highest BCUT2D eigenvalue weighted by Gasteiger charge is 2.17. The molecule has 0 aromatic heterocycles. The number of rotatable bonds is 2. The maximum Gasteiger partial charge on any atom is 0.142 e. The Balaban J connectivity index is 2.08. The van der Waals surface area contributed by atoms with Gasteiger partial charge < -0.3 is 10.5 Å². The van der Waals surface area contributed by atoms with Crippen LogP contribution < -0.4 is 10.5 Å². The number of nitrogens with two attached hydrogens (primary N) is 1. The molecule has 0 amide bonds. The van der Waals surface area contributed by atoms with Gasteiger partial charge in [0.2, 0.25) is 0 Å². The third-order valence-corrected chi connectivity index (χ3v) is 3.06. The molecule has 1 aromatic rings. The molecule has 0 heterocycles. The van der Waals surface area contributed by atoms with Crippen molar-refractivity contribution in [1.29, 1.82) is 0 Å². The van der Waals surface area contributed by atoms with E-state index in [0.717, 1.165) is 23.1 Å². The minimum atomic E-state index is 0.374. The molecular formula is C11H14BrNO. The SMILES string of the molecule is Nc1cc(Br)ccc1OC1CCCC1. The molecule has 1 aromatic carbocycles. The van der Waals surface area contributed by atoms with Crippen molar-refractivity contribution in [2.45, 2.75) is 31.8 Å². The molecule has 14 heavy (non-hydrogen) atoms. The third-order valence-electron chi connectivity index (χ3n) is 2.57. The Bertz CT molecular complexity index is 321. The molecule has 0 unspecified atom stereocenters. The first-order valence-corrected chi connectivity index (χ1v) is 5.77. The molecule has 0 spiro atoms. The lowest BCUT2D eigenvalue weighted by molar-refractivity contribution is 0.211. The van der Waals surface area contributed by atoms with Crippen LogP contribution in [0.4, 0.5) is 5.69 Å². The molecule has 1 fully saturated rings. The first-order valence-electron chi connectivity index (χ1n) is 4.97. The van der Waals surface area contributed by atoms with Gasteiger partial charge in [0.05, 0.1) is 11.8 Å². The van der Waals surface area contributed by atoms with Gasteiger partial charge in [-0.05, 0) is 43.9 Å². The average Bonchev–Trinajstić information content (AvgIpc) is 2.62. The number of nitrogen functional groups attached to an aromatic ring is 1. The van der Waals surface area contributed by atoms with Crippen LogP contribution in [0.2, 0.25) is 0 Å². The van der Waals surface area contributed by atoms with Gasteiger partial charge in [0.1, 0.15) is 5.75 Å². The lowest BCUT2D eigenvalue weighted by Gasteiger charge is -2.14. The number of halogens is 1. The molecular weight excluding hydrogens is 242 g/mol. The first-order chi connectivity index (χ1) is 6.75. The van der Waals surface area contributed by atoms with Crippen LogP contribution in [-0.4, -0.2) is 6.10 Å². The van der Waals surface area contributed by atoms with Gasteiger partial charge in [0, 0.05) is 4.47 Å². The van der Waals surface area contributed by atoms with Crippen LogP contribution in [0.5, 0.6) is 5.75 Å². The molecule has 1 aliphatic rings. The fraction of sp³-hybridized carbons (Fsp3) is 0.455. The minimum Gasteiger partial charge on any atom is -0.488 e. The lowest BCUT2D eigenvalue weighted by atomic mass is 10.2. The molecule has 76 valence electrons. The van der Waals surface area contributed by atoms with Crippen LogP contribution in [-0.2, 0) is 0 Å². The summed E-state index contributed by atoms with van der Waals surface area (Å²) in [7, 11) is 0. The van der Waals surface area contributed by atoms with Gasteiger partial charge in [0.15, 0.2) is 0 Å². The van der Waals surface area contributed by atoms with Crippen molar-refractivity contribution < 1.29 is 4.74 Å². The number of anilines is 1. The summed E-state index contributed by atoms with van der Waals surface area (Å²) in [6.07, 6.45) is 5.26. The van der Waals surface area contributed by atoms with E-state index in [1.807, 2.05) is 18.2 Å². The van der Waals surface area contributed by atoms with Crippen molar-refractivity contribution in [3.8, 4) is 5.75 Å². The Morgan fingerprint density at radius 3 is 2.64 bits per heavy atom. The third kappa shape index (κ3) is 2.21. The van der Waals surface area contributed by atoms with Crippen molar-refractivity contribution >= 4 is 21.6 Å². The summed E-state index contributed by atoms with van der Waals surface area (Å²) in [4.78, 5) is 0. The summed E-state index contributed by atoms with van der Waals surface area (Å²) in [5.41, 5.74) is 6.56. The second-order valence-electron chi connectivity index (χ2n) is 3.71. The Hall–Kier alpha value is -0.700. The van der Waals surface area contributed by atoms with Crippen molar-refractivity contribution in [1.82, 2.24) is 0 Å². The lowest BCUT2D eigenvalue weighted by Crippen LogP contribution is -2.11. The maximum atomic E-state index is 5.84. The fourth-order valence-electron chi connectivity index (χ4n) is 1.81. The first kappa shape index (κ1) is 9.84. The average molecular weight is 256 g/mol. The summed E-state index contributed by atoms with van der Waals surface area (Å²) >= 11 is 3.37. The van der Waals surface area contributed by atoms with E-state index in [2.05, 4.69) is 15.9 Å². The van der Waals surface area contributed by atoms with Crippen LogP contribution in [0.1, 0.15) is 25.7 Å². The quantitative estimate of drug-likeness (QED) is 0.823. The van der Waals surface area contributed by atoms with Crippen LogP contribution in [0.15, 0.2) is 22.7 Å². The van der Waals surface area contributed by atoms with E-state index in [1.165, 1.54) is 12.8 Å². The minimum absolute atomic E-state index is 0.374. The van der Waals surface area contributed by atoms with Gasteiger partial charge >= 0.3 is 0 Å². The van der Waals surface area contributed by atoms with E-state index >= 15 is 0 Å². The van der Waals surface area contributed by atoms with Gasteiger partial charge in [-0.25, -0.2) is 0 Å². The summed E-state index contributed by atoms with van der Waals surface area (Å²) < 4.78 is 6.81. The van der Waals surface area contributed by atoms with Crippen molar-refractivity contribution in [2.75, 3.05) is 5.73 Å². The van der Waals surface area contributed by atoms with Gasteiger partial charge in [-0.15, -0.1) is 0 Å². The molecule has 3 heteroatoms. The topological polar surface area (TPSA) is 35.2 Å². The number of hydrogen-bond acceptors (Lipinski definition) is 2. The number of ether oxygens (including phenoxy) is 1. The van der Waals surface area contributed by atoms with Crippen LogP contribution in [0.3, 0.4) is 0 Å². The molecule has 2 rings (SSSR count). The second-order valence-corrected chi connectivity index (χ2v) is 4.62. The zero-order chi connectivity index (χ0) is 9.97. The summed E-state index contributed by atoms with van der Waals surface area (Å²) in [5, 5.41) is 0. The molecule has 1 aliphatic carbocycles. The van der Waals surface area contributed by atoms with Crippen molar-refractivity contribution in [3.05, 3.63) is 22.7 Å². The van der Waals surface area contributed by atoms with Crippen LogP contribution >= 0.6 is 15.9 Å². The highest BCUT2D eigenvalue weighted by molar-refractivity contribution is 9.10. The Morgan fingerprint density at radius 2 is 2.00 bits per heavy atom. The van der Waals surface area contributed by atoms with Crippen molar-refractivity contribution in [3.63, 3.8) is 0 Å². The van der Waals surface area contributed by atoms with Crippen LogP contribution in [0, 0.1) is 0 Å². The maximum absolute atomic E-state index is 5.84. The van der Waals surface area contributed by atoms with E-state index in [-0.39, 0.29) is 0 Å². The fourth-order valence-corrected chi connectivity index (χ4v) is 2.19. The summed E-state index contributed by atoms with van der Waals surface area (Å²) in [6, 6.07) is 5.77. The van der Waals surface area contributed by atoms with E-state index in [9.17, 15) is 0 Å². The van der Waals surface area contributed by atoms with E-state index in [4.69, 9.17) is 10.5 Å². The van der Waals surface area contributed by atoms with Crippen LogP contribution in [0.25, 0.3) is 0 Å². The normalized spacial score (nSPS) is 17.2. The number of hydrogen-bond donors (Lipinski definition) is 1. The highest BCUT2D eigenvalue weighted by Crippen LogP contribution is 2.29. The van der Waals surface area contributed by atoms with E-state index < -0.39 is 0 Å². The Morgan fingerprint density at radius 1 is 1.29 bits per heavy atom. The van der Waals surface area contributed by atoms with E-state index in [1.54, 1.807) is 0 Å². The highest BCUT2D eigenvalue weighted by atomic mass is 79.9. The van der Waals surface area contributed by atoms with Gasteiger partial charge in [-0.1, -0.05) is 15.9 Å². The molecule has 2 nitrogen and oxygen atoms in total. The molecule has 0 radical (unpaired) electrons. The predicted octanol–water partition coefficient (Wildman–Crippen LogP) is 3.35. The zero-order valence-corrected chi connectivity index (χ0v) is 9.59. The predicted molar refractivity (Wildman–Crippen MR) is 61.4 cm³/mol. The largest absolute Gasteiger partial charge is 0.488 e. The van der Waals surface area contributed by atoms with Gasteiger partial charge in [-0.3, -0.25) is 0 Å². The molecule has 2 N–H and O–H groups in total. The summed E-state index contributed by atoms with van der Waals surface area (Å²) in [5.74, 6) is 0.820. The molecule has 1 saturated carbocycles. The van der Waals surface area contributed by atoms with Gasteiger partial charge in [0.25, 0.3) is 0 Å². The molecule has 0 atom stereocenters. The monoisotopic (exact) mass is 255 g/mol. The standard InChI is InChI=1S/C11H14BrNO/c12-8-5-6-11(10(13)7-8)14-9-3-1-2-4-9/h5-7,9H,1-4,13H2. The smallest absolute Gasteiger partial charge is 0.142 e. The van der Waals surface area contributed by atoms with E-state index in [0.29, 0.717) is 11.8 Å². The summed E-state index contributed by atoms with van der Waals surface area (Å²) in [6.45, 7) is 0. The second kappa shape index (κ2) is 4.22. The molecule has 0 bridgehead atoms. The molecule has 0 saturated heterocycles. The number of benzene rings is 1. The van der Waals surface area contributed by atoms with Crippen molar-refractivity contribution in [2.24, 2.45) is 0 Å². The van der Waals surface area contributed by atoms with Gasteiger partial charge in [-0.2, -0.15) is 0 Å². The Kier molecular flexibility index (Phi) is 2.96. The Labute approximate surface area is 92.6 Å².